The highest BCUT2D eigenvalue weighted by Crippen LogP contribution is 2.37. The zero-order valence-corrected chi connectivity index (χ0v) is 18.0. The van der Waals surface area contributed by atoms with E-state index < -0.39 is 0 Å². The Morgan fingerprint density at radius 3 is 2.17 bits per heavy atom. The van der Waals surface area contributed by atoms with E-state index >= 15 is 0 Å². The molecule has 0 atom stereocenters. The molecule has 0 nitrogen and oxygen atoms in total. The maximum absolute atomic E-state index is 2.46. The largest absolute Gasteiger partial charge is 0.140 e. The van der Waals surface area contributed by atoms with Crippen LogP contribution in [-0.2, 0) is 6.42 Å². The van der Waals surface area contributed by atoms with E-state index in [0.717, 1.165) is 0 Å². The molecule has 1 aromatic heterocycles. The molecule has 5 aromatic rings. The Bertz CT molecular complexity index is 1290. The lowest BCUT2D eigenvalue weighted by Gasteiger charge is -2.07. The van der Waals surface area contributed by atoms with Gasteiger partial charge >= 0.3 is 0 Å². The normalized spacial score (nSPS) is 11.9. The smallest absolute Gasteiger partial charge is 0.0352 e. The first-order valence-corrected chi connectivity index (χ1v) is 11.9. The molecule has 0 spiro atoms. The molecular weight excluding hydrogens is 368 g/mol. The quantitative estimate of drug-likeness (QED) is 0.146. The molecule has 0 bridgehead atoms. The fourth-order valence-electron chi connectivity index (χ4n) is 4.61. The predicted molar refractivity (Wildman–Crippen MR) is 131 cm³/mol. The topological polar surface area (TPSA) is 0 Å². The number of hydrogen-bond acceptors (Lipinski definition) is 1. The Labute approximate surface area is 177 Å². The fraction of sp³-hybridized carbons (Fsp3) is 0.286. The van der Waals surface area contributed by atoms with Crippen molar-refractivity contribution in [2.75, 3.05) is 0 Å². The van der Waals surface area contributed by atoms with Gasteiger partial charge in [-0.05, 0) is 69.4 Å². The van der Waals surface area contributed by atoms with Crippen LogP contribution in [0, 0.1) is 0 Å². The van der Waals surface area contributed by atoms with Crippen LogP contribution in [0.15, 0.2) is 66.7 Å². The average Bonchev–Trinajstić information content (AvgIpc) is 3.18. The summed E-state index contributed by atoms with van der Waals surface area (Å²) in [6.45, 7) is 2.28. The summed E-state index contributed by atoms with van der Waals surface area (Å²) in [5.74, 6) is 0. The minimum atomic E-state index is 1.23. The van der Waals surface area contributed by atoms with Crippen LogP contribution in [0.5, 0.6) is 0 Å². The van der Waals surface area contributed by atoms with Gasteiger partial charge in [0, 0.05) is 15.0 Å². The number of thiophene rings is 1. The molecule has 0 saturated heterocycles. The molecule has 0 aliphatic heterocycles. The number of unbranched alkanes of at least 4 members (excludes halogenated alkanes) is 5. The minimum Gasteiger partial charge on any atom is -0.140 e. The molecule has 146 valence electrons. The Kier molecular flexibility index (Phi) is 5.24. The number of fused-ring (bicyclic) bond motifs is 6. The summed E-state index contributed by atoms with van der Waals surface area (Å²) in [5.41, 5.74) is 0. The highest BCUT2D eigenvalue weighted by Gasteiger charge is 2.09. The van der Waals surface area contributed by atoms with Gasteiger partial charge < -0.3 is 0 Å². The van der Waals surface area contributed by atoms with Gasteiger partial charge in [0.1, 0.15) is 0 Å². The number of hydrogen-bond donors (Lipinski definition) is 0. The van der Waals surface area contributed by atoms with Crippen LogP contribution >= 0.6 is 11.3 Å². The van der Waals surface area contributed by atoms with E-state index in [1.54, 1.807) is 4.88 Å². The molecule has 1 heterocycles. The molecule has 1 heteroatoms. The summed E-state index contributed by atoms with van der Waals surface area (Å²) in [4.78, 5) is 1.54. The lowest BCUT2D eigenvalue weighted by atomic mass is 9.97. The van der Waals surface area contributed by atoms with Crippen molar-refractivity contribution in [1.82, 2.24) is 0 Å². The second kappa shape index (κ2) is 8.16. The van der Waals surface area contributed by atoms with Crippen molar-refractivity contribution >= 4 is 53.7 Å². The van der Waals surface area contributed by atoms with Crippen LogP contribution in [0.2, 0.25) is 0 Å². The van der Waals surface area contributed by atoms with Gasteiger partial charge in [-0.3, -0.25) is 0 Å². The van der Waals surface area contributed by atoms with Gasteiger partial charge in [0.15, 0.2) is 0 Å². The van der Waals surface area contributed by atoms with Crippen LogP contribution in [-0.4, -0.2) is 0 Å². The van der Waals surface area contributed by atoms with Crippen molar-refractivity contribution in [2.24, 2.45) is 0 Å². The van der Waals surface area contributed by atoms with Gasteiger partial charge in [0.25, 0.3) is 0 Å². The Balaban J connectivity index is 1.50. The first-order valence-electron chi connectivity index (χ1n) is 11.1. The van der Waals surface area contributed by atoms with E-state index in [2.05, 4.69) is 73.7 Å². The van der Waals surface area contributed by atoms with Crippen LogP contribution in [0.4, 0.5) is 0 Å². The van der Waals surface area contributed by atoms with Crippen LogP contribution < -0.4 is 0 Å². The van der Waals surface area contributed by atoms with Crippen LogP contribution in [0.25, 0.3) is 42.4 Å². The van der Waals surface area contributed by atoms with E-state index in [1.807, 2.05) is 11.3 Å². The summed E-state index contributed by atoms with van der Waals surface area (Å²) in [7, 11) is 0. The van der Waals surface area contributed by atoms with Gasteiger partial charge in [-0.15, -0.1) is 11.3 Å². The van der Waals surface area contributed by atoms with E-state index in [9.17, 15) is 0 Å². The molecule has 0 fully saturated rings. The Morgan fingerprint density at radius 2 is 1.31 bits per heavy atom. The third kappa shape index (κ3) is 3.65. The van der Waals surface area contributed by atoms with Crippen molar-refractivity contribution in [3.63, 3.8) is 0 Å². The summed E-state index contributed by atoms with van der Waals surface area (Å²) in [6, 6.07) is 25.1. The highest BCUT2D eigenvalue weighted by atomic mass is 32.1. The van der Waals surface area contributed by atoms with E-state index in [1.165, 1.54) is 87.3 Å². The SMILES string of the molecule is CCCCCCCCc1cc2c(ccc3c4cc5ccccc5cc4ccc23)s1. The Hall–Kier alpha value is -2.38. The summed E-state index contributed by atoms with van der Waals surface area (Å²) >= 11 is 1.99. The molecule has 0 amide bonds. The number of benzene rings is 4. The third-order valence-electron chi connectivity index (χ3n) is 6.21. The summed E-state index contributed by atoms with van der Waals surface area (Å²) in [6.07, 6.45) is 9.42. The van der Waals surface area contributed by atoms with Crippen molar-refractivity contribution < 1.29 is 0 Å². The van der Waals surface area contributed by atoms with Crippen molar-refractivity contribution in [1.29, 1.82) is 0 Å². The minimum absolute atomic E-state index is 1.23. The van der Waals surface area contributed by atoms with Gasteiger partial charge in [-0.25, -0.2) is 0 Å². The Morgan fingerprint density at radius 1 is 0.586 bits per heavy atom. The fourth-order valence-corrected chi connectivity index (χ4v) is 5.73. The molecule has 0 aliphatic rings. The van der Waals surface area contributed by atoms with E-state index in [-0.39, 0.29) is 0 Å². The first-order chi connectivity index (χ1) is 14.3. The van der Waals surface area contributed by atoms with Gasteiger partial charge in [0.2, 0.25) is 0 Å². The molecule has 29 heavy (non-hydrogen) atoms. The molecule has 0 saturated carbocycles. The monoisotopic (exact) mass is 396 g/mol. The lowest BCUT2D eigenvalue weighted by Crippen LogP contribution is -1.82. The van der Waals surface area contributed by atoms with Crippen LogP contribution in [0.1, 0.15) is 50.3 Å². The molecule has 0 radical (unpaired) electrons. The molecule has 0 aliphatic carbocycles. The van der Waals surface area contributed by atoms with Crippen molar-refractivity contribution in [3.8, 4) is 0 Å². The predicted octanol–water partition coefficient (Wildman–Crippen LogP) is 9.26. The zero-order chi connectivity index (χ0) is 19.6. The first kappa shape index (κ1) is 18.6. The zero-order valence-electron chi connectivity index (χ0n) is 17.2. The molecular formula is C28H28S. The van der Waals surface area contributed by atoms with Gasteiger partial charge in [-0.1, -0.05) is 81.5 Å². The van der Waals surface area contributed by atoms with E-state index in [4.69, 9.17) is 0 Å². The number of aryl methyl sites for hydroxylation is 1. The molecule has 0 unspecified atom stereocenters. The second-order valence-electron chi connectivity index (χ2n) is 8.29. The molecule has 0 N–H and O–H groups in total. The highest BCUT2D eigenvalue weighted by molar-refractivity contribution is 7.19. The summed E-state index contributed by atoms with van der Waals surface area (Å²) in [5, 5.41) is 9.55. The molecule has 4 aromatic carbocycles. The van der Waals surface area contributed by atoms with Crippen molar-refractivity contribution in [2.45, 2.75) is 51.9 Å². The third-order valence-corrected chi connectivity index (χ3v) is 7.37. The van der Waals surface area contributed by atoms with Gasteiger partial charge in [0.05, 0.1) is 0 Å². The molecule has 5 rings (SSSR count). The second-order valence-corrected chi connectivity index (χ2v) is 9.46. The van der Waals surface area contributed by atoms with Crippen LogP contribution in [0.3, 0.4) is 0 Å². The maximum Gasteiger partial charge on any atom is 0.0352 e. The summed E-state index contributed by atoms with van der Waals surface area (Å²) < 4.78 is 1.43. The number of rotatable bonds is 7. The van der Waals surface area contributed by atoms with E-state index in [0.29, 0.717) is 0 Å². The lowest BCUT2D eigenvalue weighted by molar-refractivity contribution is 0.609. The van der Waals surface area contributed by atoms with Gasteiger partial charge in [-0.2, -0.15) is 0 Å². The van der Waals surface area contributed by atoms with Crippen molar-refractivity contribution in [3.05, 3.63) is 71.6 Å². The average molecular weight is 397 g/mol. The maximum atomic E-state index is 2.46. The standard InChI is InChI=1S/C28H28S/c1-2-3-4-5-6-7-12-23-19-27-25-14-13-22-17-20-10-8-9-11-21(20)18-26(22)24(25)15-16-28(27)29-23/h8-11,13-19H,2-7,12H2,1H3.